The number of hydrogen-bond acceptors (Lipinski definition) is 8. The number of nitrogens with one attached hydrogen (secondary N) is 3. The first-order valence-corrected chi connectivity index (χ1v) is 10.4. The molecule has 0 aliphatic carbocycles. The fourth-order valence-corrected chi connectivity index (χ4v) is 3.13. The van der Waals surface area contributed by atoms with Crippen LogP contribution in [0.25, 0.3) is 0 Å². The van der Waals surface area contributed by atoms with Crippen LogP contribution in [0.3, 0.4) is 0 Å². The molecule has 1 fully saturated rings. The molecule has 178 valence electrons. The summed E-state index contributed by atoms with van der Waals surface area (Å²) in [5.74, 6) is -1.47. The topological polar surface area (TPSA) is 166 Å². The molecule has 1 aromatic rings. The third kappa shape index (κ3) is 7.45. The highest BCUT2D eigenvalue weighted by Gasteiger charge is 2.38. The number of aliphatic hydroxyl groups is 3. The van der Waals surface area contributed by atoms with Gasteiger partial charge < -0.3 is 40.7 Å². The van der Waals surface area contributed by atoms with Gasteiger partial charge in [0, 0.05) is 0 Å². The Balaban J connectivity index is 1.79. The molecule has 0 aromatic heterocycles. The first-order valence-electron chi connectivity index (χ1n) is 10.4. The highest BCUT2D eigenvalue weighted by molar-refractivity contribution is 5.89. The van der Waals surface area contributed by atoms with E-state index in [9.17, 15) is 24.6 Å². The van der Waals surface area contributed by atoms with Crippen LogP contribution in [-0.4, -0.2) is 83.4 Å². The van der Waals surface area contributed by atoms with Crippen LogP contribution in [0.5, 0.6) is 0 Å². The predicted octanol–water partition coefficient (Wildman–Crippen LogP) is -1.35. The van der Waals surface area contributed by atoms with Crippen molar-refractivity contribution in [3.63, 3.8) is 0 Å². The van der Waals surface area contributed by atoms with Crippen LogP contribution in [0.2, 0.25) is 0 Å². The van der Waals surface area contributed by atoms with E-state index >= 15 is 0 Å². The molecule has 11 heteroatoms. The number of hydrogen-bond donors (Lipinski definition) is 6. The van der Waals surface area contributed by atoms with E-state index in [2.05, 4.69) is 16.0 Å². The minimum atomic E-state index is -1.36. The van der Waals surface area contributed by atoms with E-state index in [0.29, 0.717) is 0 Å². The Bertz CT molecular complexity index is 761. The third-order valence-electron chi connectivity index (χ3n) is 5.02. The maximum atomic E-state index is 12.5. The van der Waals surface area contributed by atoms with Crippen molar-refractivity contribution in [1.29, 1.82) is 0 Å². The van der Waals surface area contributed by atoms with Gasteiger partial charge in [-0.15, -0.1) is 0 Å². The molecule has 0 bridgehead atoms. The van der Waals surface area contributed by atoms with Crippen molar-refractivity contribution < 1.29 is 39.2 Å². The molecular weight excluding hydrogens is 422 g/mol. The van der Waals surface area contributed by atoms with Crippen LogP contribution in [0.4, 0.5) is 4.79 Å². The van der Waals surface area contributed by atoms with Gasteiger partial charge in [0.25, 0.3) is 0 Å². The summed E-state index contributed by atoms with van der Waals surface area (Å²) < 4.78 is 10.3. The van der Waals surface area contributed by atoms with Crippen LogP contribution in [0.1, 0.15) is 19.4 Å². The van der Waals surface area contributed by atoms with Crippen molar-refractivity contribution in [3.8, 4) is 0 Å². The van der Waals surface area contributed by atoms with E-state index in [1.807, 2.05) is 18.2 Å². The second-order valence-electron chi connectivity index (χ2n) is 7.86. The molecule has 32 heavy (non-hydrogen) atoms. The average molecular weight is 453 g/mol. The summed E-state index contributed by atoms with van der Waals surface area (Å²) in [7, 11) is 0. The lowest BCUT2D eigenvalue weighted by atomic mass is 9.98. The fourth-order valence-electron chi connectivity index (χ4n) is 3.13. The summed E-state index contributed by atoms with van der Waals surface area (Å²) in [6.45, 7) is 2.54. The first kappa shape index (κ1) is 25.5. The Morgan fingerprint density at radius 2 is 1.84 bits per heavy atom. The number of aliphatic hydroxyl groups excluding tert-OH is 3. The number of benzene rings is 1. The molecule has 6 N–H and O–H groups in total. The number of ether oxygens (including phenoxy) is 2. The molecule has 0 radical (unpaired) electrons. The second kappa shape index (κ2) is 12.3. The summed E-state index contributed by atoms with van der Waals surface area (Å²) in [6, 6.07) is 7.25. The first-order chi connectivity index (χ1) is 15.2. The SMILES string of the molecule is CC(C)[C@H](NC(=O)OCc1ccccc1)C(=O)NCC(=O)N[C@H]1CO[C@H](CO)[C@@H](O)[C@@H]1O. The van der Waals surface area contributed by atoms with Gasteiger partial charge in [-0.2, -0.15) is 0 Å². The van der Waals surface area contributed by atoms with Crippen LogP contribution < -0.4 is 16.0 Å². The van der Waals surface area contributed by atoms with Crippen molar-refractivity contribution in [2.75, 3.05) is 19.8 Å². The second-order valence-corrected chi connectivity index (χ2v) is 7.86. The molecule has 1 saturated heterocycles. The van der Waals surface area contributed by atoms with Gasteiger partial charge >= 0.3 is 6.09 Å². The molecule has 1 aromatic carbocycles. The Labute approximate surface area is 186 Å². The molecule has 2 rings (SSSR count). The summed E-state index contributed by atoms with van der Waals surface area (Å²) >= 11 is 0. The minimum Gasteiger partial charge on any atom is -0.445 e. The number of amides is 3. The van der Waals surface area contributed by atoms with Crippen LogP contribution >= 0.6 is 0 Å². The lowest BCUT2D eigenvalue weighted by Crippen LogP contribution is -2.61. The lowest BCUT2D eigenvalue weighted by molar-refractivity contribution is -0.164. The number of carbonyl (C=O) groups is 3. The maximum Gasteiger partial charge on any atom is 0.408 e. The Kier molecular flexibility index (Phi) is 9.85. The molecule has 3 amide bonds. The monoisotopic (exact) mass is 453 g/mol. The number of rotatable bonds is 9. The predicted molar refractivity (Wildman–Crippen MR) is 112 cm³/mol. The van der Waals surface area contributed by atoms with Gasteiger partial charge in [-0.25, -0.2) is 4.79 Å². The van der Waals surface area contributed by atoms with Crippen LogP contribution in [-0.2, 0) is 25.7 Å². The van der Waals surface area contributed by atoms with E-state index in [1.165, 1.54) is 0 Å². The van der Waals surface area contributed by atoms with E-state index in [1.54, 1.807) is 26.0 Å². The normalized spacial score (nSPS) is 23.8. The summed E-state index contributed by atoms with van der Waals surface area (Å²) in [5.41, 5.74) is 0.800. The summed E-state index contributed by atoms with van der Waals surface area (Å²) in [6.07, 6.45) is -4.38. The van der Waals surface area contributed by atoms with E-state index in [4.69, 9.17) is 14.6 Å². The van der Waals surface area contributed by atoms with Crippen LogP contribution in [0, 0.1) is 5.92 Å². The largest absolute Gasteiger partial charge is 0.445 e. The Morgan fingerprint density at radius 1 is 1.16 bits per heavy atom. The molecule has 5 atom stereocenters. The van der Waals surface area contributed by atoms with Gasteiger partial charge in [0.15, 0.2) is 0 Å². The molecule has 0 spiro atoms. The zero-order chi connectivity index (χ0) is 23.7. The summed E-state index contributed by atoms with van der Waals surface area (Å²) in [5, 5.41) is 36.4. The van der Waals surface area contributed by atoms with Crippen molar-refractivity contribution >= 4 is 17.9 Å². The van der Waals surface area contributed by atoms with E-state index in [0.717, 1.165) is 5.56 Å². The Hall–Kier alpha value is -2.73. The molecular formula is C21H31N3O8. The van der Waals surface area contributed by atoms with Gasteiger partial charge in [-0.1, -0.05) is 44.2 Å². The highest BCUT2D eigenvalue weighted by atomic mass is 16.5. The maximum absolute atomic E-state index is 12.5. The summed E-state index contributed by atoms with van der Waals surface area (Å²) in [4.78, 5) is 36.7. The van der Waals surface area contributed by atoms with E-state index < -0.39 is 61.5 Å². The van der Waals surface area contributed by atoms with Gasteiger partial charge in [-0.3, -0.25) is 9.59 Å². The van der Waals surface area contributed by atoms with Crippen molar-refractivity contribution in [2.24, 2.45) is 5.92 Å². The zero-order valence-electron chi connectivity index (χ0n) is 18.1. The van der Waals surface area contributed by atoms with Gasteiger partial charge in [0.1, 0.15) is 31.0 Å². The Morgan fingerprint density at radius 3 is 2.47 bits per heavy atom. The molecule has 1 heterocycles. The number of carbonyl (C=O) groups excluding carboxylic acids is 3. The smallest absolute Gasteiger partial charge is 0.408 e. The molecule has 0 saturated carbocycles. The standard InChI is InChI=1S/C21H31N3O8/c1-12(2)17(24-21(30)32-10-13-6-4-3-5-7-13)20(29)22-8-16(26)23-14-11-31-15(9-25)19(28)18(14)27/h3-7,12,14-15,17-19,25,27-28H,8-11H2,1-2H3,(H,22,29)(H,23,26)(H,24,30)/t14-,15+,17-,18+,19+/m0/s1. The molecule has 1 aliphatic rings. The van der Waals surface area contributed by atoms with Crippen LogP contribution in [0.15, 0.2) is 30.3 Å². The van der Waals surface area contributed by atoms with Gasteiger partial charge in [-0.05, 0) is 11.5 Å². The quantitative estimate of drug-likeness (QED) is 0.267. The average Bonchev–Trinajstić information content (AvgIpc) is 2.78. The van der Waals surface area contributed by atoms with Crippen molar-refractivity contribution in [2.45, 2.75) is 50.8 Å². The van der Waals surface area contributed by atoms with Gasteiger partial charge in [0.2, 0.25) is 11.8 Å². The van der Waals surface area contributed by atoms with Crippen molar-refractivity contribution in [1.82, 2.24) is 16.0 Å². The minimum absolute atomic E-state index is 0.0519. The van der Waals surface area contributed by atoms with E-state index in [-0.39, 0.29) is 19.1 Å². The van der Waals surface area contributed by atoms with Gasteiger partial charge in [0.05, 0.1) is 25.8 Å². The molecule has 1 aliphatic heterocycles. The zero-order valence-corrected chi connectivity index (χ0v) is 18.1. The lowest BCUT2D eigenvalue weighted by Gasteiger charge is -2.37. The molecule has 11 nitrogen and oxygen atoms in total. The molecule has 0 unspecified atom stereocenters. The third-order valence-corrected chi connectivity index (χ3v) is 5.02. The fraction of sp³-hybridized carbons (Fsp3) is 0.571. The van der Waals surface area contributed by atoms with Crippen molar-refractivity contribution in [3.05, 3.63) is 35.9 Å². The number of alkyl carbamates (subject to hydrolysis) is 1. The highest BCUT2D eigenvalue weighted by Crippen LogP contribution is 2.15.